The highest BCUT2D eigenvalue weighted by atomic mass is 16.6. The number of rotatable bonds is 3. The molecule has 2 aromatic rings. The zero-order valence-corrected chi connectivity index (χ0v) is 13.7. The molecular weight excluding hydrogens is 356 g/mol. The van der Waals surface area contributed by atoms with E-state index in [2.05, 4.69) is 5.32 Å². The molecule has 4 rings (SSSR count). The molecule has 0 aliphatic carbocycles. The second-order valence-electron chi connectivity index (χ2n) is 6.30. The van der Waals surface area contributed by atoms with Gasteiger partial charge in [-0.25, -0.2) is 0 Å². The quantitative estimate of drug-likeness (QED) is 0.359. The molecule has 0 radical (unpaired) electrons. The molecule has 4 amide bonds. The lowest BCUT2D eigenvalue weighted by atomic mass is 9.91. The van der Waals surface area contributed by atoms with Crippen LogP contribution in [0.15, 0.2) is 42.6 Å². The largest absolute Gasteiger partial charge is 0.320 e. The third-order valence-electron chi connectivity index (χ3n) is 4.76. The van der Waals surface area contributed by atoms with E-state index in [1.807, 2.05) is 0 Å². The normalized spacial score (nSPS) is 21.6. The number of aromatic nitrogens is 1. The van der Waals surface area contributed by atoms with Crippen molar-refractivity contribution in [3.05, 3.63) is 64.0 Å². The number of imide groups is 2. The van der Waals surface area contributed by atoms with Gasteiger partial charge in [0.25, 0.3) is 23.4 Å². The van der Waals surface area contributed by atoms with Crippen molar-refractivity contribution in [2.45, 2.75) is 18.5 Å². The van der Waals surface area contributed by atoms with Crippen LogP contribution >= 0.6 is 0 Å². The van der Waals surface area contributed by atoms with Gasteiger partial charge in [-0.05, 0) is 17.7 Å². The number of hydrogen-bond donors (Lipinski definition) is 1. The summed E-state index contributed by atoms with van der Waals surface area (Å²) in [6.45, 7) is -0.177. The first kappa shape index (κ1) is 16.6. The van der Waals surface area contributed by atoms with Gasteiger partial charge in [0.05, 0.1) is 17.9 Å². The highest BCUT2D eigenvalue weighted by molar-refractivity contribution is 6.24. The molecule has 3 heterocycles. The number of fused-ring (bicyclic) bond motifs is 2. The van der Waals surface area contributed by atoms with Crippen LogP contribution in [0.1, 0.15) is 22.5 Å². The molecule has 1 saturated heterocycles. The maximum Gasteiger partial charge on any atom is 0.277 e. The second-order valence-corrected chi connectivity index (χ2v) is 6.30. The smallest absolute Gasteiger partial charge is 0.277 e. The molecular formula is C17H12N4O6. The van der Waals surface area contributed by atoms with Gasteiger partial charge >= 0.3 is 0 Å². The van der Waals surface area contributed by atoms with E-state index in [9.17, 15) is 29.3 Å². The predicted molar refractivity (Wildman–Crippen MR) is 88.1 cm³/mol. The average Bonchev–Trinajstić information content (AvgIpc) is 3.23. The number of carbonyl (C=O) groups excluding carboxylic acids is 4. The molecule has 1 atom stereocenters. The van der Waals surface area contributed by atoms with Crippen molar-refractivity contribution in [1.29, 1.82) is 0 Å². The van der Waals surface area contributed by atoms with Crippen LogP contribution in [0.2, 0.25) is 0 Å². The first-order valence-corrected chi connectivity index (χ1v) is 7.96. The molecule has 1 aromatic carbocycles. The molecule has 2 aliphatic heterocycles. The molecule has 136 valence electrons. The number of nitro benzene ring substituents is 1. The molecule has 1 fully saturated rings. The number of hydrogen-bond acceptors (Lipinski definition) is 6. The maximum absolute atomic E-state index is 13.1. The van der Waals surface area contributed by atoms with E-state index in [1.54, 1.807) is 0 Å². The highest BCUT2D eigenvalue weighted by Crippen LogP contribution is 2.36. The lowest BCUT2D eigenvalue weighted by Gasteiger charge is -2.37. The summed E-state index contributed by atoms with van der Waals surface area (Å²) >= 11 is 0. The third kappa shape index (κ3) is 2.26. The number of carbonyl (C=O) groups is 4. The van der Waals surface area contributed by atoms with Crippen LogP contribution in [-0.4, -0.2) is 38.0 Å². The van der Waals surface area contributed by atoms with E-state index < -0.39 is 40.5 Å². The Bertz CT molecular complexity index is 1020. The van der Waals surface area contributed by atoms with Crippen molar-refractivity contribution in [3.63, 3.8) is 0 Å². The van der Waals surface area contributed by atoms with Crippen LogP contribution in [0, 0.1) is 10.1 Å². The summed E-state index contributed by atoms with van der Waals surface area (Å²) in [4.78, 5) is 61.2. The minimum absolute atomic E-state index is 0.112. The minimum Gasteiger partial charge on any atom is -0.320 e. The topological polar surface area (TPSA) is 132 Å². The van der Waals surface area contributed by atoms with Crippen LogP contribution in [0.5, 0.6) is 0 Å². The Morgan fingerprint density at radius 3 is 2.41 bits per heavy atom. The molecule has 1 aromatic heterocycles. The molecule has 1 unspecified atom stereocenters. The lowest BCUT2D eigenvalue weighted by molar-refractivity contribution is -0.384. The zero-order valence-electron chi connectivity index (χ0n) is 13.7. The maximum atomic E-state index is 13.1. The number of nitro groups is 1. The van der Waals surface area contributed by atoms with Crippen LogP contribution in [0.3, 0.4) is 0 Å². The van der Waals surface area contributed by atoms with E-state index in [0.717, 1.165) is 4.90 Å². The third-order valence-corrected chi connectivity index (χ3v) is 4.76. The van der Waals surface area contributed by atoms with E-state index >= 15 is 0 Å². The Hall–Kier alpha value is -3.82. The fourth-order valence-corrected chi connectivity index (χ4v) is 3.45. The lowest BCUT2D eigenvalue weighted by Crippen LogP contribution is -2.60. The zero-order chi connectivity index (χ0) is 19.3. The van der Waals surface area contributed by atoms with Crippen LogP contribution in [0.4, 0.5) is 5.69 Å². The Morgan fingerprint density at radius 1 is 1.11 bits per heavy atom. The molecule has 0 saturated carbocycles. The fourth-order valence-electron chi connectivity index (χ4n) is 3.45. The summed E-state index contributed by atoms with van der Waals surface area (Å²) in [5.41, 5.74) is -1.37. The molecule has 10 heteroatoms. The second kappa shape index (κ2) is 5.59. The number of nitrogens with one attached hydrogen (secondary N) is 1. The molecule has 2 aliphatic rings. The SMILES string of the molecule is O=C1CC2(C(=O)N1)C(=O)N(Cc1ccc([N+](=O)[O-])cc1)C(=O)c1cccn12. The van der Waals surface area contributed by atoms with Gasteiger partial charge in [-0.1, -0.05) is 12.1 Å². The predicted octanol–water partition coefficient (Wildman–Crippen LogP) is 0.321. The van der Waals surface area contributed by atoms with Gasteiger partial charge in [0.2, 0.25) is 11.4 Å². The van der Waals surface area contributed by atoms with Gasteiger partial charge in [0.15, 0.2) is 0 Å². The van der Waals surface area contributed by atoms with E-state index in [1.165, 1.54) is 47.2 Å². The van der Waals surface area contributed by atoms with Crippen molar-refractivity contribution in [2.75, 3.05) is 0 Å². The molecule has 1 N–H and O–H groups in total. The van der Waals surface area contributed by atoms with Gasteiger partial charge in [-0.2, -0.15) is 0 Å². The highest BCUT2D eigenvalue weighted by Gasteiger charge is 2.60. The van der Waals surface area contributed by atoms with Crippen molar-refractivity contribution >= 4 is 29.3 Å². The van der Waals surface area contributed by atoms with Crippen molar-refractivity contribution < 1.29 is 24.1 Å². The summed E-state index contributed by atoms with van der Waals surface area (Å²) in [7, 11) is 0. The molecule has 27 heavy (non-hydrogen) atoms. The van der Waals surface area contributed by atoms with Crippen LogP contribution < -0.4 is 5.32 Å². The van der Waals surface area contributed by atoms with E-state index in [-0.39, 0.29) is 17.9 Å². The fraction of sp³-hybridized carbons (Fsp3) is 0.176. The Labute approximate surface area is 151 Å². The first-order chi connectivity index (χ1) is 12.8. The van der Waals surface area contributed by atoms with Gasteiger partial charge in [0, 0.05) is 18.3 Å². The Morgan fingerprint density at radius 2 is 1.81 bits per heavy atom. The monoisotopic (exact) mass is 368 g/mol. The number of benzene rings is 1. The standard InChI is InChI=1S/C17H12N4O6/c22-13-8-17(15(24)18-13)16(25)19(14(23)12-2-1-7-20(12)17)9-10-3-5-11(6-4-10)21(26)27/h1-7H,8-9H2,(H,18,22,24). The van der Waals surface area contributed by atoms with Gasteiger partial charge in [-0.15, -0.1) is 0 Å². The summed E-state index contributed by atoms with van der Waals surface area (Å²) < 4.78 is 1.24. The average molecular weight is 368 g/mol. The molecule has 0 bridgehead atoms. The molecule has 10 nitrogen and oxygen atoms in total. The molecule has 1 spiro atoms. The summed E-state index contributed by atoms with van der Waals surface area (Å²) in [6.07, 6.45) is 1.03. The van der Waals surface area contributed by atoms with Crippen molar-refractivity contribution in [2.24, 2.45) is 0 Å². The Balaban J connectivity index is 1.75. The number of nitrogens with zero attached hydrogens (tertiary/aromatic N) is 3. The summed E-state index contributed by atoms with van der Waals surface area (Å²) in [5, 5.41) is 12.9. The van der Waals surface area contributed by atoms with Crippen LogP contribution in [-0.2, 0) is 26.5 Å². The van der Waals surface area contributed by atoms with Gasteiger partial charge in [-0.3, -0.25) is 39.5 Å². The van der Waals surface area contributed by atoms with Crippen molar-refractivity contribution in [1.82, 2.24) is 14.8 Å². The van der Waals surface area contributed by atoms with Crippen molar-refractivity contribution in [3.8, 4) is 0 Å². The summed E-state index contributed by atoms with van der Waals surface area (Å²) in [5.74, 6) is -2.80. The number of non-ortho nitro benzene ring substituents is 1. The Kier molecular flexibility index (Phi) is 3.45. The van der Waals surface area contributed by atoms with E-state index in [0.29, 0.717) is 5.56 Å². The van der Waals surface area contributed by atoms with Gasteiger partial charge in [0.1, 0.15) is 5.69 Å². The number of amides is 4. The van der Waals surface area contributed by atoms with Gasteiger partial charge < -0.3 is 4.57 Å². The van der Waals surface area contributed by atoms with Crippen LogP contribution in [0.25, 0.3) is 0 Å². The first-order valence-electron chi connectivity index (χ1n) is 7.96. The van der Waals surface area contributed by atoms with E-state index in [4.69, 9.17) is 0 Å². The minimum atomic E-state index is -1.83. The summed E-state index contributed by atoms with van der Waals surface area (Å²) in [6, 6.07) is 8.37.